The maximum atomic E-state index is 12.9. The second-order valence-corrected chi connectivity index (χ2v) is 7.69. The summed E-state index contributed by atoms with van der Waals surface area (Å²) in [6.45, 7) is 1.13. The van der Waals surface area contributed by atoms with Crippen molar-refractivity contribution in [3.05, 3.63) is 65.5 Å². The summed E-state index contributed by atoms with van der Waals surface area (Å²) in [5.74, 6) is 1.23. The molecule has 8 heteroatoms. The van der Waals surface area contributed by atoms with Crippen molar-refractivity contribution in [1.29, 1.82) is 0 Å². The Hall–Kier alpha value is -3.26. The summed E-state index contributed by atoms with van der Waals surface area (Å²) in [4.78, 5) is 20.1. The van der Waals surface area contributed by atoms with Crippen molar-refractivity contribution >= 4 is 17.2 Å². The molecule has 0 unspecified atom stereocenters. The Labute approximate surface area is 165 Å². The average Bonchev–Trinajstić information content (AvgIpc) is 3.41. The van der Waals surface area contributed by atoms with Gasteiger partial charge in [-0.15, -0.1) is 11.3 Å². The molecule has 0 spiro atoms. The van der Waals surface area contributed by atoms with E-state index >= 15 is 0 Å². The first-order chi connectivity index (χ1) is 13.7. The van der Waals surface area contributed by atoms with Gasteiger partial charge in [0.1, 0.15) is 5.69 Å². The fourth-order valence-electron chi connectivity index (χ4n) is 3.29. The molecule has 1 amide bonds. The smallest absolute Gasteiger partial charge is 0.272 e. The van der Waals surface area contributed by atoms with Crippen LogP contribution in [0.2, 0.25) is 0 Å². The molecule has 0 atom stereocenters. The van der Waals surface area contributed by atoms with Crippen molar-refractivity contribution in [2.45, 2.75) is 5.92 Å². The minimum absolute atomic E-state index is 0.0357. The first-order valence-electron chi connectivity index (χ1n) is 8.95. The SMILES string of the molecule is Cn1nc(-c2ccccc2)cc1C(=O)N1CC(c2nc(-c3cccs3)no2)C1. The van der Waals surface area contributed by atoms with Crippen LogP contribution in [0.5, 0.6) is 0 Å². The van der Waals surface area contributed by atoms with Crippen LogP contribution >= 0.6 is 11.3 Å². The van der Waals surface area contributed by atoms with E-state index in [4.69, 9.17) is 4.52 Å². The first-order valence-corrected chi connectivity index (χ1v) is 9.83. The van der Waals surface area contributed by atoms with E-state index in [9.17, 15) is 4.79 Å². The highest BCUT2D eigenvalue weighted by molar-refractivity contribution is 7.13. The van der Waals surface area contributed by atoms with Gasteiger partial charge in [-0.3, -0.25) is 9.48 Å². The molecule has 1 aliphatic rings. The molecule has 4 aromatic rings. The van der Waals surface area contributed by atoms with E-state index in [1.165, 1.54) is 0 Å². The average molecular weight is 391 g/mol. The molecule has 0 radical (unpaired) electrons. The first kappa shape index (κ1) is 16.9. The largest absolute Gasteiger partial charge is 0.339 e. The molecule has 1 aromatic carbocycles. The molecule has 7 nitrogen and oxygen atoms in total. The van der Waals surface area contributed by atoms with E-state index in [0.29, 0.717) is 30.5 Å². The van der Waals surface area contributed by atoms with Crippen LogP contribution in [0.1, 0.15) is 22.3 Å². The normalized spacial score (nSPS) is 14.2. The third kappa shape index (κ3) is 2.91. The topological polar surface area (TPSA) is 77.1 Å². The van der Waals surface area contributed by atoms with Crippen molar-refractivity contribution in [2.24, 2.45) is 7.05 Å². The number of thiophene rings is 1. The van der Waals surface area contributed by atoms with Gasteiger partial charge in [-0.05, 0) is 17.5 Å². The molecule has 28 heavy (non-hydrogen) atoms. The van der Waals surface area contributed by atoms with Crippen molar-refractivity contribution < 1.29 is 9.32 Å². The maximum Gasteiger partial charge on any atom is 0.272 e. The summed E-state index contributed by atoms with van der Waals surface area (Å²) in [6, 6.07) is 15.6. The van der Waals surface area contributed by atoms with Gasteiger partial charge in [-0.25, -0.2) is 0 Å². The number of aryl methyl sites for hydroxylation is 1. The van der Waals surface area contributed by atoms with E-state index < -0.39 is 0 Å². The van der Waals surface area contributed by atoms with Crippen molar-refractivity contribution in [3.63, 3.8) is 0 Å². The predicted octanol–water partition coefficient (Wildman–Crippen LogP) is 3.44. The zero-order valence-electron chi connectivity index (χ0n) is 15.1. The Kier molecular flexibility index (Phi) is 4.05. The number of hydrogen-bond acceptors (Lipinski definition) is 6. The van der Waals surface area contributed by atoms with Crippen LogP contribution in [0.15, 0.2) is 58.4 Å². The monoisotopic (exact) mass is 391 g/mol. The second-order valence-electron chi connectivity index (χ2n) is 6.75. The highest BCUT2D eigenvalue weighted by Crippen LogP contribution is 2.30. The van der Waals surface area contributed by atoms with Crippen LogP contribution in [0.4, 0.5) is 0 Å². The highest BCUT2D eigenvalue weighted by atomic mass is 32.1. The molecule has 1 saturated heterocycles. The van der Waals surface area contributed by atoms with Crippen LogP contribution in [-0.4, -0.2) is 43.8 Å². The van der Waals surface area contributed by atoms with Crippen molar-refractivity contribution in [1.82, 2.24) is 24.8 Å². The Balaban J connectivity index is 1.28. The number of nitrogens with zero attached hydrogens (tertiary/aromatic N) is 5. The molecule has 1 fully saturated rings. The van der Waals surface area contributed by atoms with E-state index in [0.717, 1.165) is 16.1 Å². The van der Waals surface area contributed by atoms with Gasteiger partial charge in [0, 0.05) is 25.7 Å². The number of amides is 1. The zero-order chi connectivity index (χ0) is 19.1. The van der Waals surface area contributed by atoms with Crippen LogP contribution in [0, 0.1) is 0 Å². The van der Waals surface area contributed by atoms with Gasteiger partial charge in [0.05, 0.1) is 16.5 Å². The van der Waals surface area contributed by atoms with Crippen LogP contribution in [0.25, 0.3) is 22.0 Å². The van der Waals surface area contributed by atoms with E-state index in [-0.39, 0.29) is 11.8 Å². The molecule has 0 N–H and O–H groups in total. The zero-order valence-corrected chi connectivity index (χ0v) is 16.0. The molecule has 1 aliphatic heterocycles. The van der Waals surface area contributed by atoms with E-state index in [1.807, 2.05) is 53.9 Å². The van der Waals surface area contributed by atoms with E-state index in [1.54, 1.807) is 28.0 Å². The van der Waals surface area contributed by atoms with Gasteiger partial charge in [0.25, 0.3) is 5.91 Å². The summed E-state index contributed by atoms with van der Waals surface area (Å²) in [7, 11) is 1.79. The minimum atomic E-state index is -0.0357. The molecular formula is C20H17N5O2S. The van der Waals surface area contributed by atoms with Gasteiger partial charge < -0.3 is 9.42 Å². The number of carbonyl (C=O) groups is 1. The Morgan fingerprint density at radius 1 is 1.18 bits per heavy atom. The Bertz CT molecular complexity index is 1110. The van der Waals surface area contributed by atoms with Crippen LogP contribution < -0.4 is 0 Å². The molecule has 4 heterocycles. The van der Waals surface area contributed by atoms with Gasteiger partial charge in [-0.1, -0.05) is 41.6 Å². The fourth-order valence-corrected chi connectivity index (χ4v) is 3.94. The van der Waals surface area contributed by atoms with E-state index in [2.05, 4.69) is 15.2 Å². The number of likely N-dealkylation sites (tertiary alicyclic amines) is 1. The lowest BCUT2D eigenvalue weighted by Gasteiger charge is -2.36. The maximum absolute atomic E-state index is 12.9. The molecule has 0 saturated carbocycles. The van der Waals surface area contributed by atoms with Gasteiger partial charge >= 0.3 is 0 Å². The van der Waals surface area contributed by atoms with Gasteiger partial charge in [-0.2, -0.15) is 10.1 Å². The van der Waals surface area contributed by atoms with Crippen LogP contribution in [-0.2, 0) is 7.05 Å². The van der Waals surface area contributed by atoms with Crippen molar-refractivity contribution in [2.75, 3.05) is 13.1 Å². The van der Waals surface area contributed by atoms with Gasteiger partial charge in [0.2, 0.25) is 11.7 Å². The molecular weight excluding hydrogens is 374 g/mol. The predicted molar refractivity (Wildman–Crippen MR) is 105 cm³/mol. The lowest BCUT2D eigenvalue weighted by molar-refractivity contribution is 0.0558. The standard InChI is InChI=1S/C20H17N5O2S/c1-24-16(10-15(22-24)13-6-3-2-4-7-13)20(26)25-11-14(12-25)19-21-18(23-27-19)17-8-5-9-28-17/h2-10,14H,11-12H2,1H3. The Morgan fingerprint density at radius 3 is 2.75 bits per heavy atom. The fraction of sp³-hybridized carbons (Fsp3) is 0.200. The number of carbonyl (C=O) groups excluding carboxylic acids is 1. The summed E-state index contributed by atoms with van der Waals surface area (Å²) < 4.78 is 7.04. The Morgan fingerprint density at radius 2 is 2.00 bits per heavy atom. The summed E-state index contributed by atoms with van der Waals surface area (Å²) in [5, 5.41) is 10.5. The molecule has 5 rings (SSSR count). The number of aromatic nitrogens is 4. The highest BCUT2D eigenvalue weighted by Gasteiger charge is 2.37. The van der Waals surface area contributed by atoms with Crippen molar-refractivity contribution in [3.8, 4) is 22.0 Å². The minimum Gasteiger partial charge on any atom is -0.339 e. The quantitative estimate of drug-likeness (QED) is 0.533. The molecule has 140 valence electrons. The number of hydrogen-bond donors (Lipinski definition) is 0. The number of rotatable bonds is 4. The third-order valence-corrected chi connectivity index (χ3v) is 5.74. The number of benzene rings is 1. The molecule has 0 bridgehead atoms. The second kappa shape index (κ2) is 6.72. The molecule has 3 aromatic heterocycles. The third-order valence-electron chi connectivity index (χ3n) is 4.87. The lowest BCUT2D eigenvalue weighted by atomic mass is 9.99. The lowest BCUT2D eigenvalue weighted by Crippen LogP contribution is -2.49. The summed E-state index contributed by atoms with van der Waals surface area (Å²) >= 11 is 1.57. The summed E-state index contributed by atoms with van der Waals surface area (Å²) in [6.07, 6.45) is 0. The van der Waals surface area contributed by atoms with Crippen LogP contribution in [0.3, 0.4) is 0 Å². The van der Waals surface area contributed by atoms with Gasteiger partial charge in [0.15, 0.2) is 0 Å². The molecule has 0 aliphatic carbocycles. The summed E-state index contributed by atoms with van der Waals surface area (Å²) in [5.41, 5.74) is 2.36.